The van der Waals surface area contributed by atoms with E-state index in [0.717, 1.165) is 6.07 Å². The van der Waals surface area contributed by atoms with Crippen molar-refractivity contribution < 1.29 is 24.1 Å². The van der Waals surface area contributed by atoms with Gasteiger partial charge in [0.1, 0.15) is 18.8 Å². The number of nitro groups is 2. The van der Waals surface area contributed by atoms with Gasteiger partial charge in [0.15, 0.2) is 11.5 Å². The number of ether oxygens (including phenoxy) is 2. The fraction of sp³-hybridized carbons (Fsp3) is 0.417. The number of carbonyl (C=O) groups excluding carboxylic acids is 1. The van der Waals surface area contributed by atoms with Crippen molar-refractivity contribution in [2.24, 2.45) is 0 Å². The van der Waals surface area contributed by atoms with Crippen LogP contribution in [0.3, 0.4) is 0 Å². The first-order chi connectivity index (χ1) is 9.97. The molecule has 0 atom stereocenters. The predicted molar refractivity (Wildman–Crippen MR) is 70.0 cm³/mol. The van der Waals surface area contributed by atoms with E-state index in [1.807, 2.05) is 0 Å². The summed E-state index contributed by atoms with van der Waals surface area (Å²) in [5.41, 5.74) is -2.00. The number of hydrogen-bond acceptors (Lipinski definition) is 7. The Morgan fingerprint density at radius 3 is 2.38 bits per heavy atom. The summed E-state index contributed by atoms with van der Waals surface area (Å²) in [6.07, 6.45) is 0.524. The summed E-state index contributed by atoms with van der Waals surface area (Å²) in [6.45, 7) is 1.94. The van der Waals surface area contributed by atoms with Crippen LogP contribution in [0, 0.1) is 20.2 Å². The van der Waals surface area contributed by atoms with Gasteiger partial charge in [-0.1, -0.05) is 6.92 Å². The van der Waals surface area contributed by atoms with Crippen molar-refractivity contribution in [2.45, 2.75) is 19.8 Å². The van der Waals surface area contributed by atoms with E-state index in [0.29, 0.717) is 6.42 Å². The van der Waals surface area contributed by atoms with Crippen LogP contribution in [0.2, 0.25) is 0 Å². The maximum absolute atomic E-state index is 12.0. The van der Waals surface area contributed by atoms with Crippen molar-refractivity contribution in [1.82, 2.24) is 0 Å². The van der Waals surface area contributed by atoms with Gasteiger partial charge in [0.2, 0.25) is 5.75 Å². The Labute approximate surface area is 118 Å². The minimum absolute atomic E-state index is 0.0157. The Balaban J connectivity index is 2.75. The van der Waals surface area contributed by atoms with Gasteiger partial charge in [-0.25, -0.2) is 0 Å². The number of ketones is 1. The minimum atomic E-state index is -0.931. The molecule has 1 aliphatic rings. The quantitative estimate of drug-likeness (QED) is 0.464. The summed E-state index contributed by atoms with van der Waals surface area (Å²) in [4.78, 5) is 32.5. The third-order valence-corrected chi connectivity index (χ3v) is 2.92. The normalized spacial score (nSPS) is 12.8. The van der Waals surface area contributed by atoms with Crippen LogP contribution in [0.4, 0.5) is 11.4 Å². The predicted octanol–water partition coefficient (Wildman–Crippen LogP) is 2.26. The van der Waals surface area contributed by atoms with Gasteiger partial charge < -0.3 is 9.47 Å². The molecule has 0 fully saturated rings. The molecule has 0 spiro atoms. The van der Waals surface area contributed by atoms with Crippen molar-refractivity contribution >= 4 is 17.2 Å². The Morgan fingerprint density at radius 1 is 1.19 bits per heavy atom. The SMILES string of the molecule is CCCC(=O)c1cc2c(c([N+](=O)[O-])c1[N+](=O)[O-])OCCO2. The van der Waals surface area contributed by atoms with Gasteiger partial charge >= 0.3 is 11.4 Å². The molecule has 1 heterocycles. The summed E-state index contributed by atoms with van der Waals surface area (Å²) in [6, 6.07) is 1.15. The molecule has 0 unspecified atom stereocenters. The second-order valence-corrected chi connectivity index (χ2v) is 4.33. The largest absolute Gasteiger partial charge is 0.486 e. The molecule has 0 amide bonds. The Bertz CT molecular complexity index is 627. The maximum Gasteiger partial charge on any atom is 0.392 e. The second kappa shape index (κ2) is 5.73. The lowest BCUT2D eigenvalue weighted by Gasteiger charge is -2.18. The van der Waals surface area contributed by atoms with E-state index in [-0.39, 0.29) is 36.7 Å². The first-order valence-corrected chi connectivity index (χ1v) is 6.26. The number of rotatable bonds is 5. The Morgan fingerprint density at radius 2 is 1.81 bits per heavy atom. The number of Topliss-reactive ketones (excluding diaryl/α,β-unsaturated/α-hetero) is 1. The zero-order valence-electron chi connectivity index (χ0n) is 11.2. The van der Waals surface area contributed by atoms with Crippen molar-refractivity contribution in [2.75, 3.05) is 13.2 Å². The zero-order valence-corrected chi connectivity index (χ0v) is 11.2. The lowest BCUT2D eigenvalue weighted by molar-refractivity contribution is -0.423. The van der Waals surface area contributed by atoms with Crippen LogP contribution in [-0.2, 0) is 0 Å². The van der Waals surface area contributed by atoms with Gasteiger partial charge in [0, 0.05) is 12.5 Å². The van der Waals surface area contributed by atoms with Gasteiger partial charge in [-0.2, -0.15) is 0 Å². The van der Waals surface area contributed by atoms with E-state index in [4.69, 9.17) is 9.47 Å². The molecule has 112 valence electrons. The molecule has 9 nitrogen and oxygen atoms in total. The molecule has 1 aromatic carbocycles. The first kappa shape index (κ1) is 14.7. The molecular weight excluding hydrogens is 284 g/mol. The van der Waals surface area contributed by atoms with Crippen LogP contribution < -0.4 is 9.47 Å². The summed E-state index contributed by atoms with van der Waals surface area (Å²) in [5, 5.41) is 22.4. The van der Waals surface area contributed by atoms with E-state index in [1.165, 1.54) is 0 Å². The van der Waals surface area contributed by atoms with E-state index in [9.17, 15) is 25.0 Å². The van der Waals surface area contributed by atoms with Crippen LogP contribution in [0.25, 0.3) is 0 Å². The number of carbonyl (C=O) groups is 1. The van der Waals surface area contributed by atoms with Crippen molar-refractivity contribution in [3.05, 3.63) is 31.9 Å². The van der Waals surface area contributed by atoms with Crippen molar-refractivity contribution in [3.63, 3.8) is 0 Å². The molecule has 1 aliphatic heterocycles. The molecule has 0 aromatic heterocycles. The third kappa shape index (κ3) is 2.62. The molecule has 0 saturated carbocycles. The molecule has 21 heavy (non-hydrogen) atoms. The van der Waals surface area contributed by atoms with Gasteiger partial charge in [0.25, 0.3) is 0 Å². The molecule has 2 rings (SSSR count). The van der Waals surface area contributed by atoms with E-state index in [2.05, 4.69) is 0 Å². The summed E-state index contributed by atoms with van der Waals surface area (Å²) in [7, 11) is 0. The third-order valence-electron chi connectivity index (χ3n) is 2.92. The Hall–Kier alpha value is -2.71. The Kier molecular flexibility index (Phi) is 4.01. The fourth-order valence-corrected chi connectivity index (χ4v) is 2.09. The highest BCUT2D eigenvalue weighted by atomic mass is 16.6. The molecular formula is C12H12N2O7. The minimum Gasteiger partial charge on any atom is -0.486 e. The molecule has 0 radical (unpaired) electrons. The van der Waals surface area contributed by atoms with Crippen LogP contribution in [0.5, 0.6) is 11.5 Å². The lowest BCUT2D eigenvalue weighted by atomic mass is 10.0. The van der Waals surface area contributed by atoms with Crippen LogP contribution in [-0.4, -0.2) is 28.8 Å². The highest BCUT2D eigenvalue weighted by Crippen LogP contribution is 2.47. The molecule has 1 aromatic rings. The summed E-state index contributed by atoms with van der Waals surface area (Å²) in [5.74, 6) is -0.853. The van der Waals surface area contributed by atoms with Gasteiger partial charge in [-0.05, 0) is 6.42 Å². The summed E-state index contributed by atoms with van der Waals surface area (Å²) >= 11 is 0. The maximum atomic E-state index is 12.0. The van der Waals surface area contributed by atoms with Crippen LogP contribution in [0.15, 0.2) is 6.07 Å². The number of benzene rings is 1. The van der Waals surface area contributed by atoms with Gasteiger partial charge in [0.05, 0.1) is 9.85 Å². The topological polar surface area (TPSA) is 122 Å². The highest BCUT2D eigenvalue weighted by Gasteiger charge is 2.40. The number of nitro benzene ring substituents is 2. The van der Waals surface area contributed by atoms with Crippen molar-refractivity contribution in [3.8, 4) is 11.5 Å². The average molecular weight is 296 g/mol. The second-order valence-electron chi connectivity index (χ2n) is 4.33. The molecule has 9 heteroatoms. The molecule has 0 bridgehead atoms. The highest BCUT2D eigenvalue weighted by molar-refractivity contribution is 6.02. The fourth-order valence-electron chi connectivity index (χ4n) is 2.09. The first-order valence-electron chi connectivity index (χ1n) is 6.26. The number of hydrogen-bond donors (Lipinski definition) is 0. The molecule has 0 aliphatic carbocycles. The smallest absolute Gasteiger partial charge is 0.392 e. The van der Waals surface area contributed by atoms with Gasteiger partial charge in [-0.3, -0.25) is 25.0 Å². The summed E-state index contributed by atoms with van der Waals surface area (Å²) < 4.78 is 10.3. The van der Waals surface area contributed by atoms with Gasteiger partial charge in [-0.15, -0.1) is 0 Å². The van der Waals surface area contributed by atoms with Crippen LogP contribution >= 0.6 is 0 Å². The molecule has 0 saturated heterocycles. The monoisotopic (exact) mass is 296 g/mol. The van der Waals surface area contributed by atoms with E-state index in [1.54, 1.807) is 6.92 Å². The zero-order chi connectivity index (χ0) is 15.6. The van der Waals surface area contributed by atoms with E-state index < -0.39 is 27.0 Å². The van der Waals surface area contributed by atoms with Crippen LogP contribution in [0.1, 0.15) is 30.1 Å². The number of fused-ring (bicyclic) bond motifs is 1. The van der Waals surface area contributed by atoms with E-state index >= 15 is 0 Å². The lowest BCUT2D eigenvalue weighted by Crippen LogP contribution is -2.18. The number of nitrogens with zero attached hydrogens (tertiary/aromatic N) is 2. The van der Waals surface area contributed by atoms with Crippen molar-refractivity contribution in [1.29, 1.82) is 0 Å². The molecule has 0 N–H and O–H groups in total. The average Bonchev–Trinajstić information content (AvgIpc) is 2.44. The standard InChI is InChI=1S/C12H12N2O7/c1-2-3-8(15)7-6-9-12(21-5-4-20-9)11(14(18)19)10(7)13(16)17/h6H,2-5H2,1H3.